The summed E-state index contributed by atoms with van der Waals surface area (Å²) in [5.74, 6) is 3.09. The Balaban J connectivity index is 1.96. The molecule has 1 fully saturated rings. The molecule has 5 nitrogen and oxygen atoms in total. The van der Waals surface area contributed by atoms with E-state index in [1.54, 1.807) is 17.0 Å². The van der Waals surface area contributed by atoms with E-state index in [4.69, 9.17) is 11.2 Å². The molecule has 0 aliphatic carbocycles. The van der Waals surface area contributed by atoms with Gasteiger partial charge in [0.05, 0.1) is 0 Å². The zero-order valence-electron chi connectivity index (χ0n) is 14.3. The Morgan fingerprint density at radius 3 is 2.75 bits per heavy atom. The number of benzene rings is 1. The Bertz CT molecular complexity index is 644. The molecule has 0 radical (unpaired) electrons. The van der Waals surface area contributed by atoms with E-state index in [0.717, 1.165) is 18.7 Å². The first kappa shape index (κ1) is 17.9. The lowest BCUT2D eigenvalue weighted by Crippen LogP contribution is -2.48. The number of hydrogen-bond donors (Lipinski definition) is 1. The highest BCUT2D eigenvalue weighted by Crippen LogP contribution is 2.25. The van der Waals surface area contributed by atoms with Crippen LogP contribution in [0.15, 0.2) is 24.3 Å². The van der Waals surface area contributed by atoms with Crippen molar-refractivity contribution in [1.82, 2.24) is 5.32 Å². The third-order valence-corrected chi connectivity index (χ3v) is 4.43. The molecule has 0 unspecified atom stereocenters. The summed E-state index contributed by atoms with van der Waals surface area (Å²) in [5, 5.41) is 2.86. The van der Waals surface area contributed by atoms with E-state index in [2.05, 4.69) is 11.2 Å². The third-order valence-electron chi connectivity index (χ3n) is 4.43. The number of nitrogens with zero attached hydrogens (tertiary/aromatic N) is 1. The summed E-state index contributed by atoms with van der Waals surface area (Å²) < 4.78 is 5.56. The molecule has 24 heavy (non-hydrogen) atoms. The van der Waals surface area contributed by atoms with E-state index in [1.165, 1.54) is 0 Å². The van der Waals surface area contributed by atoms with Crippen LogP contribution in [0.1, 0.15) is 39.5 Å². The fraction of sp³-hybridized carbons (Fsp3) is 0.474. The van der Waals surface area contributed by atoms with Gasteiger partial charge in [0.2, 0.25) is 5.91 Å². The van der Waals surface area contributed by atoms with Crippen molar-refractivity contribution in [3.63, 3.8) is 0 Å². The van der Waals surface area contributed by atoms with Crippen LogP contribution in [0.2, 0.25) is 0 Å². The fourth-order valence-corrected chi connectivity index (χ4v) is 2.78. The van der Waals surface area contributed by atoms with E-state index >= 15 is 0 Å². The first-order valence-electron chi connectivity index (χ1n) is 8.35. The predicted octanol–water partition coefficient (Wildman–Crippen LogP) is 2.50. The van der Waals surface area contributed by atoms with Gasteiger partial charge in [-0.3, -0.25) is 9.59 Å². The van der Waals surface area contributed by atoms with Crippen molar-refractivity contribution in [3.8, 4) is 18.1 Å². The van der Waals surface area contributed by atoms with Gasteiger partial charge in [-0.1, -0.05) is 25.8 Å². The molecule has 2 amide bonds. The Morgan fingerprint density at radius 2 is 2.17 bits per heavy atom. The molecule has 0 atom stereocenters. The topological polar surface area (TPSA) is 58.6 Å². The third kappa shape index (κ3) is 4.08. The molecule has 1 aliphatic rings. The molecule has 0 bridgehead atoms. The van der Waals surface area contributed by atoms with Gasteiger partial charge in [-0.15, -0.1) is 6.42 Å². The SMILES string of the molecule is C#CC(CC)(CC)NC(=O)COc1cccc(N2CCCC2=O)c1. The van der Waals surface area contributed by atoms with Gasteiger partial charge in [0.25, 0.3) is 5.91 Å². The molecule has 0 saturated carbocycles. The normalized spacial score (nSPS) is 14.4. The lowest BCUT2D eigenvalue weighted by atomic mass is 9.94. The number of ether oxygens (including phenoxy) is 1. The van der Waals surface area contributed by atoms with Crippen molar-refractivity contribution in [2.75, 3.05) is 18.1 Å². The minimum atomic E-state index is -0.621. The first-order chi connectivity index (χ1) is 11.5. The highest BCUT2D eigenvalue weighted by atomic mass is 16.5. The van der Waals surface area contributed by atoms with Crippen molar-refractivity contribution >= 4 is 17.5 Å². The molecule has 1 aromatic rings. The van der Waals surface area contributed by atoms with Gasteiger partial charge < -0.3 is 15.0 Å². The lowest BCUT2D eigenvalue weighted by molar-refractivity contribution is -0.124. The van der Waals surface area contributed by atoms with Crippen LogP contribution in [0.5, 0.6) is 5.75 Å². The van der Waals surface area contributed by atoms with Gasteiger partial charge in [-0.05, 0) is 31.4 Å². The molecule has 128 valence electrons. The van der Waals surface area contributed by atoms with Gasteiger partial charge in [0.15, 0.2) is 6.61 Å². The molecule has 1 N–H and O–H groups in total. The molecule has 1 aromatic carbocycles. The molecular formula is C19H24N2O3. The molecule has 1 aliphatic heterocycles. The van der Waals surface area contributed by atoms with Crippen molar-refractivity contribution in [3.05, 3.63) is 24.3 Å². The van der Waals surface area contributed by atoms with Crippen LogP contribution in [0.3, 0.4) is 0 Å². The van der Waals surface area contributed by atoms with E-state index in [1.807, 2.05) is 26.0 Å². The van der Waals surface area contributed by atoms with Gasteiger partial charge in [0, 0.05) is 24.7 Å². The molecule has 5 heteroatoms. The van der Waals surface area contributed by atoms with E-state index < -0.39 is 5.54 Å². The van der Waals surface area contributed by atoms with E-state index in [0.29, 0.717) is 25.0 Å². The van der Waals surface area contributed by atoms with Crippen LogP contribution in [0.4, 0.5) is 5.69 Å². The van der Waals surface area contributed by atoms with E-state index in [9.17, 15) is 9.59 Å². The van der Waals surface area contributed by atoms with Gasteiger partial charge in [-0.2, -0.15) is 0 Å². The van der Waals surface area contributed by atoms with Crippen LogP contribution in [-0.2, 0) is 9.59 Å². The quantitative estimate of drug-likeness (QED) is 0.783. The number of anilines is 1. The molecular weight excluding hydrogens is 304 g/mol. The number of amides is 2. The van der Waals surface area contributed by atoms with Crippen LogP contribution in [-0.4, -0.2) is 30.5 Å². The lowest BCUT2D eigenvalue weighted by Gasteiger charge is -2.27. The Hall–Kier alpha value is -2.48. The van der Waals surface area contributed by atoms with Crippen LogP contribution in [0, 0.1) is 12.3 Å². The van der Waals surface area contributed by atoms with Crippen LogP contribution in [0.25, 0.3) is 0 Å². The summed E-state index contributed by atoms with van der Waals surface area (Å²) in [5.41, 5.74) is 0.181. The average molecular weight is 328 g/mol. The zero-order chi connectivity index (χ0) is 17.6. The standard InChI is InChI=1S/C19H24N2O3/c1-4-19(5-2,6-3)20-17(22)14-24-16-10-7-9-15(13-16)21-12-8-11-18(21)23/h1,7,9-10,13H,5-6,8,11-12,14H2,2-3H3,(H,20,22). The molecule has 1 heterocycles. The largest absolute Gasteiger partial charge is 0.484 e. The summed E-state index contributed by atoms with van der Waals surface area (Å²) in [6.45, 7) is 4.50. The van der Waals surface area contributed by atoms with Crippen LogP contribution < -0.4 is 15.0 Å². The zero-order valence-corrected chi connectivity index (χ0v) is 14.3. The highest BCUT2D eigenvalue weighted by Gasteiger charge is 2.25. The Kier molecular flexibility index (Phi) is 5.86. The summed E-state index contributed by atoms with van der Waals surface area (Å²) >= 11 is 0. The Morgan fingerprint density at radius 1 is 1.42 bits per heavy atom. The first-order valence-corrected chi connectivity index (χ1v) is 8.35. The van der Waals surface area contributed by atoms with Crippen molar-refractivity contribution in [1.29, 1.82) is 0 Å². The van der Waals surface area contributed by atoms with Crippen LogP contribution >= 0.6 is 0 Å². The highest BCUT2D eigenvalue weighted by molar-refractivity contribution is 5.95. The maximum absolute atomic E-state index is 12.1. The maximum atomic E-state index is 12.1. The van der Waals surface area contributed by atoms with Crippen molar-refractivity contribution in [2.24, 2.45) is 0 Å². The summed E-state index contributed by atoms with van der Waals surface area (Å²) in [4.78, 5) is 25.7. The number of nitrogens with one attached hydrogen (secondary N) is 1. The predicted molar refractivity (Wildman–Crippen MR) is 93.8 cm³/mol. The van der Waals surface area contributed by atoms with Gasteiger partial charge in [0.1, 0.15) is 11.3 Å². The number of rotatable bonds is 7. The molecule has 1 saturated heterocycles. The number of carbonyl (C=O) groups excluding carboxylic acids is 2. The summed E-state index contributed by atoms with van der Waals surface area (Å²) in [6, 6.07) is 7.24. The van der Waals surface area contributed by atoms with Crippen molar-refractivity contribution < 1.29 is 14.3 Å². The minimum absolute atomic E-state index is 0.110. The number of hydrogen-bond acceptors (Lipinski definition) is 3. The second kappa shape index (κ2) is 7.87. The monoisotopic (exact) mass is 328 g/mol. The Labute approximate surface area is 143 Å². The van der Waals surface area contributed by atoms with Crippen molar-refractivity contribution in [2.45, 2.75) is 45.1 Å². The number of terminal acetylenes is 1. The number of carbonyl (C=O) groups is 2. The summed E-state index contributed by atoms with van der Waals surface area (Å²) in [6.07, 6.45) is 8.32. The second-order valence-electron chi connectivity index (χ2n) is 5.92. The van der Waals surface area contributed by atoms with Gasteiger partial charge in [-0.25, -0.2) is 0 Å². The smallest absolute Gasteiger partial charge is 0.259 e. The average Bonchev–Trinajstić information content (AvgIpc) is 3.04. The van der Waals surface area contributed by atoms with Gasteiger partial charge >= 0.3 is 0 Å². The summed E-state index contributed by atoms with van der Waals surface area (Å²) in [7, 11) is 0. The molecule has 0 spiro atoms. The minimum Gasteiger partial charge on any atom is -0.484 e. The second-order valence-corrected chi connectivity index (χ2v) is 5.92. The fourth-order valence-electron chi connectivity index (χ4n) is 2.78. The molecule has 2 rings (SSSR count). The maximum Gasteiger partial charge on any atom is 0.259 e. The molecule has 0 aromatic heterocycles. The van der Waals surface area contributed by atoms with E-state index in [-0.39, 0.29) is 18.4 Å².